The first kappa shape index (κ1) is 18.0. The Bertz CT molecular complexity index is 1040. The molecule has 0 aliphatic rings. The second-order valence-corrected chi connectivity index (χ2v) is 8.73. The molecule has 0 radical (unpaired) electrons. The summed E-state index contributed by atoms with van der Waals surface area (Å²) in [7, 11) is -3.67. The third-order valence-corrected chi connectivity index (χ3v) is 6.27. The average Bonchev–Trinajstić information content (AvgIpc) is 3.04. The number of anilines is 3. The van der Waals surface area contributed by atoms with Crippen LogP contribution in [0.5, 0.6) is 0 Å². The predicted octanol–water partition coefficient (Wildman–Crippen LogP) is 3.59. The number of aryl methyl sites for hydroxylation is 1. The van der Waals surface area contributed by atoms with Crippen molar-refractivity contribution in [2.24, 2.45) is 0 Å². The van der Waals surface area contributed by atoms with Crippen LogP contribution in [0.3, 0.4) is 0 Å². The third-order valence-electron chi connectivity index (χ3n) is 3.43. The Balaban J connectivity index is 1.73. The van der Waals surface area contributed by atoms with E-state index in [1.54, 1.807) is 42.5 Å². The van der Waals surface area contributed by atoms with Gasteiger partial charge in [0, 0.05) is 16.1 Å². The van der Waals surface area contributed by atoms with Crippen molar-refractivity contribution < 1.29 is 13.2 Å². The SMILES string of the molecule is CC(=O)c1cccc(Nc2ccc(NS(=O)(=O)c3ccc(C)s3)nn2)c1. The van der Waals surface area contributed by atoms with Crippen LogP contribution in [0.1, 0.15) is 22.2 Å². The first-order valence-corrected chi connectivity index (χ1v) is 9.94. The monoisotopic (exact) mass is 388 g/mol. The molecule has 1 aromatic carbocycles. The van der Waals surface area contributed by atoms with Crippen molar-refractivity contribution in [1.29, 1.82) is 0 Å². The number of hydrogen-bond donors (Lipinski definition) is 2. The molecule has 0 fully saturated rings. The van der Waals surface area contributed by atoms with Crippen LogP contribution in [0.25, 0.3) is 0 Å². The molecule has 134 valence electrons. The number of carbonyl (C=O) groups is 1. The van der Waals surface area contributed by atoms with Gasteiger partial charge in [-0.15, -0.1) is 21.5 Å². The summed E-state index contributed by atoms with van der Waals surface area (Å²) in [5, 5.41) is 10.9. The summed E-state index contributed by atoms with van der Waals surface area (Å²) in [4.78, 5) is 12.3. The van der Waals surface area contributed by atoms with E-state index < -0.39 is 10.0 Å². The number of nitrogens with one attached hydrogen (secondary N) is 2. The van der Waals surface area contributed by atoms with Crippen LogP contribution >= 0.6 is 11.3 Å². The van der Waals surface area contributed by atoms with Gasteiger partial charge in [0.15, 0.2) is 17.4 Å². The number of hydrogen-bond acceptors (Lipinski definition) is 7. The van der Waals surface area contributed by atoms with E-state index in [1.165, 1.54) is 24.3 Å². The molecule has 0 atom stereocenters. The highest BCUT2D eigenvalue weighted by molar-refractivity contribution is 7.94. The molecular formula is C17H16N4O3S2. The Morgan fingerprint density at radius 3 is 2.38 bits per heavy atom. The molecule has 0 amide bonds. The molecular weight excluding hydrogens is 372 g/mol. The van der Waals surface area contributed by atoms with Crippen LogP contribution in [0.4, 0.5) is 17.3 Å². The number of thiophene rings is 1. The minimum Gasteiger partial charge on any atom is -0.339 e. The minimum atomic E-state index is -3.67. The fourth-order valence-electron chi connectivity index (χ4n) is 2.16. The van der Waals surface area contributed by atoms with Crippen LogP contribution in [-0.2, 0) is 10.0 Å². The molecule has 0 aliphatic carbocycles. The summed E-state index contributed by atoms with van der Waals surface area (Å²) in [5.41, 5.74) is 1.27. The molecule has 3 rings (SSSR count). The third kappa shape index (κ3) is 4.24. The average molecular weight is 388 g/mol. The van der Waals surface area contributed by atoms with Crippen LogP contribution in [-0.4, -0.2) is 24.4 Å². The normalized spacial score (nSPS) is 11.2. The van der Waals surface area contributed by atoms with Gasteiger partial charge in [-0.05, 0) is 50.2 Å². The number of benzene rings is 1. The van der Waals surface area contributed by atoms with Gasteiger partial charge >= 0.3 is 0 Å². The molecule has 3 aromatic rings. The summed E-state index contributed by atoms with van der Waals surface area (Å²) >= 11 is 1.18. The van der Waals surface area contributed by atoms with E-state index in [4.69, 9.17) is 0 Å². The number of nitrogens with zero attached hydrogens (tertiary/aromatic N) is 2. The van der Waals surface area contributed by atoms with Crippen molar-refractivity contribution in [3.05, 3.63) is 59.0 Å². The van der Waals surface area contributed by atoms with E-state index >= 15 is 0 Å². The highest BCUT2D eigenvalue weighted by Crippen LogP contribution is 2.23. The van der Waals surface area contributed by atoms with E-state index in [1.807, 2.05) is 6.92 Å². The van der Waals surface area contributed by atoms with Crippen LogP contribution < -0.4 is 10.0 Å². The zero-order valence-electron chi connectivity index (χ0n) is 14.1. The topological polar surface area (TPSA) is 101 Å². The number of aromatic nitrogens is 2. The predicted molar refractivity (Wildman–Crippen MR) is 102 cm³/mol. The maximum Gasteiger partial charge on any atom is 0.272 e. The second-order valence-electron chi connectivity index (χ2n) is 5.54. The van der Waals surface area contributed by atoms with E-state index in [0.29, 0.717) is 17.1 Å². The Kier molecular flexibility index (Phi) is 5.01. The van der Waals surface area contributed by atoms with Crippen LogP contribution in [0.2, 0.25) is 0 Å². The van der Waals surface area contributed by atoms with E-state index in [-0.39, 0.29) is 15.8 Å². The summed E-state index contributed by atoms with van der Waals surface area (Å²) in [5.74, 6) is 0.521. The number of carbonyl (C=O) groups excluding carboxylic acids is 1. The largest absolute Gasteiger partial charge is 0.339 e. The van der Waals surface area contributed by atoms with Crippen molar-refractivity contribution in [1.82, 2.24) is 10.2 Å². The standard InChI is InChI=1S/C17H16N4O3S2/c1-11-6-9-17(25-11)26(23,24)21-16-8-7-15(19-20-16)18-14-5-3-4-13(10-14)12(2)22/h3-10H,1-2H3,(H,18,19)(H,20,21). The van der Waals surface area contributed by atoms with Gasteiger partial charge in [-0.2, -0.15) is 0 Å². The van der Waals surface area contributed by atoms with Crippen LogP contribution in [0.15, 0.2) is 52.7 Å². The van der Waals surface area contributed by atoms with Crippen molar-refractivity contribution in [3.63, 3.8) is 0 Å². The van der Waals surface area contributed by atoms with E-state index in [2.05, 4.69) is 20.2 Å². The maximum absolute atomic E-state index is 12.3. The van der Waals surface area contributed by atoms with Gasteiger partial charge in [0.2, 0.25) is 0 Å². The Labute approximate surface area is 155 Å². The maximum atomic E-state index is 12.3. The molecule has 7 nitrogen and oxygen atoms in total. The van der Waals surface area contributed by atoms with Gasteiger partial charge in [0.05, 0.1) is 0 Å². The Morgan fingerprint density at radius 2 is 1.77 bits per heavy atom. The number of sulfonamides is 1. The van der Waals surface area contributed by atoms with E-state index in [9.17, 15) is 13.2 Å². The van der Waals surface area contributed by atoms with Gasteiger partial charge < -0.3 is 5.32 Å². The molecule has 0 aliphatic heterocycles. The van der Waals surface area contributed by atoms with Crippen molar-refractivity contribution in [2.45, 2.75) is 18.1 Å². The lowest BCUT2D eigenvalue weighted by Gasteiger charge is -2.08. The lowest BCUT2D eigenvalue weighted by Crippen LogP contribution is -2.13. The zero-order valence-corrected chi connectivity index (χ0v) is 15.7. The van der Waals surface area contributed by atoms with Gasteiger partial charge in [-0.3, -0.25) is 9.52 Å². The Hall–Kier alpha value is -2.78. The minimum absolute atomic E-state index is 0.0340. The van der Waals surface area contributed by atoms with Crippen molar-refractivity contribution in [3.8, 4) is 0 Å². The fourth-order valence-corrected chi connectivity index (χ4v) is 4.44. The summed E-state index contributed by atoms with van der Waals surface area (Å²) in [6, 6.07) is 13.4. The summed E-state index contributed by atoms with van der Waals surface area (Å²) in [6.07, 6.45) is 0. The van der Waals surface area contributed by atoms with E-state index in [0.717, 1.165) is 4.88 Å². The van der Waals surface area contributed by atoms with Crippen LogP contribution in [0, 0.1) is 6.92 Å². The van der Waals surface area contributed by atoms with Crippen molar-refractivity contribution >= 4 is 44.5 Å². The summed E-state index contributed by atoms with van der Waals surface area (Å²) < 4.78 is 27.2. The molecule has 2 heterocycles. The molecule has 26 heavy (non-hydrogen) atoms. The fraction of sp³-hybridized carbons (Fsp3) is 0.118. The molecule has 0 spiro atoms. The van der Waals surface area contributed by atoms with Gasteiger partial charge in [0.1, 0.15) is 4.21 Å². The highest BCUT2D eigenvalue weighted by Gasteiger charge is 2.17. The number of Topliss-reactive ketones (excluding diaryl/α,β-unsaturated/α-hetero) is 1. The zero-order chi connectivity index (χ0) is 18.7. The second kappa shape index (κ2) is 7.22. The molecule has 0 saturated heterocycles. The summed E-state index contributed by atoms with van der Waals surface area (Å²) in [6.45, 7) is 3.33. The molecule has 2 aromatic heterocycles. The molecule has 2 N–H and O–H groups in total. The van der Waals surface area contributed by atoms with Gasteiger partial charge in [-0.25, -0.2) is 8.42 Å². The van der Waals surface area contributed by atoms with Gasteiger partial charge in [-0.1, -0.05) is 12.1 Å². The smallest absolute Gasteiger partial charge is 0.272 e. The number of rotatable bonds is 6. The molecule has 0 unspecified atom stereocenters. The number of ketones is 1. The van der Waals surface area contributed by atoms with Crippen molar-refractivity contribution in [2.75, 3.05) is 10.0 Å². The molecule has 0 saturated carbocycles. The quantitative estimate of drug-likeness (QED) is 0.626. The molecule has 0 bridgehead atoms. The Morgan fingerprint density at radius 1 is 1.04 bits per heavy atom. The highest BCUT2D eigenvalue weighted by atomic mass is 32.2. The lowest BCUT2D eigenvalue weighted by molar-refractivity contribution is 0.101. The lowest BCUT2D eigenvalue weighted by atomic mass is 10.1. The first-order valence-electron chi connectivity index (χ1n) is 7.64. The molecule has 9 heteroatoms. The first-order chi connectivity index (χ1) is 12.3. The van der Waals surface area contributed by atoms with Gasteiger partial charge in [0.25, 0.3) is 10.0 Å².